The number of hydrogen-bond acceptors (Lipinski definition) is 8. The van der Waals surface area contributed by atoms with Gasteiger partial charge in [-0.3, -0.25) is 0 Å². The summed E-state index contributed by atoms with van der Waals surface area (Å²) in [4.78, 5) is 8.46. The number of sulfone groups is 1. The summed E-state index contributed by atoms with van der Waals surface area (Å²) in [6, 6.07) is 19.5. The van der Waals surface area contributed by atoms with E-state index in [1.165, 1.54) is 12.1 Å². The molecule has 192 valence electrons. The van der Waals surface area contributed by atoms with E-state index in [-0.39, 0.29) is 21.7 Å². The lowest BCUT2D eigenvalue weighted by Gasteiger charge is -2.36. The summed E-state index contributed by atoms with van der Waals surface area (Å²) < 4.78 is 57.2. The van der Waals surface area contributed by atoms with Gasteiger partial charge in [-0.1, -0.05) is 0 Å². The molecule has 0 N–H and O–H groups in total. The SMILES string of the molecule is COc1ccc(-c2nc(S(=O)(=O)c3ccc(F)cc3)c(N3CCN(c4ccc(OC)cc4)CC3)o2)cc1. The number of aromatic nitrogens is 1. The molecule has 0 bridgehead atoms. The monoisotopic (exact) mass is 523 g/mol. The summed E-state index contributed by atoms with van der Waals surface area (Å²) in [5.74, 6) is 1.27. The van der Waals surface area contributed by atoms with Gasteiger partial charge < -0.3 is 23.7 Å². The van der Waals surface area contributed by atoms with Crippen molar-refractivity contribution in [3.8, 4) is 23.0 Å². The highest BCUT2D eigenvalue weighted by Crippen LogP contribution is 2.36. The van der Waals surface area contributed by atoms with E-state index in [0.29, 0.717) is 37.5 Å². The molecule has 1 aromatic heterocycles. The van der Waals surface area contributed by atoms with Gasteiger partial charge in [0, 0.05) is 37.4 Å². The molecule has 0 saturated carbocycles. The Hall–Kier alpha value is -4.05. The van der Waals surface area contributed by atoms with Gasteiger partial charge in [-0.2, -0.15) is 4.98 Å². The molecule has 1 aliphatic rings. The first-order valence-electron chi connectivity index (χ1n) is 11.7. The fourth-order valence-corrected chi connectivity index (χ4v) is 5.54. The molecule has 4 aromatic rings. The van der Waals surface area contributed by atoms with Crippen LogP contribution in [-0.2, 0) is 9.84 Å². The van der Waals surface area contributed by atoms with Crippen LogP contribution in [0, 0.1) is 5.82 Å². The lowest BCUT2D eigenvalue weighted by atomic mass is 10.2. The molecule has 0 atom stereocenters. The lowest BCUT2D eigenvalue weighted by Crippen LogP contribution is -2.46. The highest BCUT2D eigenvalue weighted by atomic mass is 32.2. The third-order valence-corrected chi connectivity index (χ3v) is 7.97. The van der Waals surface area contributed by atoms with E-state index in [1.54, 1.807) is 38.5 Å². The smallest absolute Gasteiger partial charge is 0.236 e. The van der Waals surface area contributed by atoms with Gasteiger partial charge in [0.15, 0.2) is 0 Å². The van der Waals surface area contributed by atoms with Crippen molar-refractivity contribution in [1.29, 1.82) is 0 Å². The Bertz CT molecular complexity index is 1460. The van der Waals surface area contributed by atoms with E-state index >= 15 is 0 Å². The molecule has 0 spiro atoms. The molecule has 5 rings (SSSR count). The first-order valence-corrected chi connectivity index (χ1v) is 13.2. The minimum Gasteiger partial charge on any atom is -0.497 e. The number of nitrogens with zero attached hydrogens (tertiary/aromatic N) is 3. The van der Waals surface area contributed by atoms with Gasteiger partial charge >= 0.3 is 0 Å². The van der Waals surface area contributed by atoms with Crippen molar-refractivity contribution < 1.29 is 26.7 Å². The average molecular weight is 524 g/mol. The predicted octanol–water partition coefficient (Wildman–Crippen LogP) is 4.66. The van der Waals surface area contributed by atoms with Gasteiger partial charge in [0.25, 0.3) is 0 Å². The molecule has 10 heteroatoms. The quantitative estimate of drug-likeness (QED) is 0.324. The second kappa shape index (κ2) is 10.1. The highest BCUT2D eigenvalue weighted by Gasteiger charge is 2.33. The number of halogens is 1. The van der Waals surface area contributed by atoms with E-state index in [4.69, 9.17) is 13.9 Å². The molecule has 0 amide bonds. The van der Waals surface area contributed by atoms with Crippen LogP contribution in [0.1, 0.15) is 0 Å². The summed E-state index contributed by atoms with van der Waals surface area (Å²) >= 11 is 0. The molecule has 0 unspecified atom stereocenters. The van der Waals surface area contributed by atoms with Gasteiger partial charge in [0.1, 0.15) is 17.3 Å². The zero-order valence-electron chi connectivity index (χ0n) is 20.4. The van der Waals surface area contributed by atoms with Gasteiger partial charge in [-0.05, 0) is 72.8 Å². The Morgan fingerprint density at radius 1 is 0.784 bits per heavy atom. The average Bonchev–Trinajstić information content (AvgIpc) is 3.40. The van der Waals surface area contributed by atoms with Crippen molar-refractivity contribution in [2.24, 2.45) is 0 Å². The van der Waals surface area contributed by atoms with E-state index in [1.807, 2.05) is 29.2 Å². The Morgan fingerprint density at radius 3 is 1.89 bits per heavy atom. The van der Waals surface area contributed by atoms with Crippen LogP contribution in [0.5, 0.6) is 11.5 Å². The van der Waals surface area contributed by atoms with Crippen molar-refractivity contribution >= 4 is 21.4 Å². The molecule has 1 fully saturated rings. The molecular weight excluding hydrogens is 497 g/mol. The Balaban J connectivity index is 1.47. The molecule has 1 saturated heterocycles. The normalized spacial score (nSPS) is 14.0. The molecule has 0 radical (unpaired) electrons. The maximum Gasteiger partial charge on any atom is 0.236 e. The number of benzene rings is 3. The Morgan fingerprint density at radius 2 is 1.32 bits per heavy atom. The maximum absolute atomic E-state index is 13.6. The van der Waals surface area contributed by atoms with Crippen molar-refractivity contribution in [2.75, 3.05) is 50.2 Å². The van der Waals surface area contributed by atoms with Crippen LogP contribution in [0.4, 0.5) is 16.0 Å². The van der Waals surface area contributed by atoms with Crippen molar-refractivity contribution in [3.63, 3.8) is 0 Å². The Kier molecular flexibility index (Phi) is 6.75. The maximum atomic E-state index is 13.6. The summed E-state index contributed by atoms with van der Waals surface area (Å²) in [6.07, 6.45) is 0. The Labute approximate surface area is 214 Å². The fraction of sp³-hybridized carbons (Fsp3) is 0.222. The third kappa shape index (κ3) is 4.97. The number of piperazine rings is 1. The minimum absolute atomic E-state index is 0.0541. The summed E-state index contributed by atoms with van der Waals surface area (Å²) in [5, 5.41) is -0.192. The van der Waals surface area contributed by atoms with Crippen molar-refractivity contribution in [1.82, 2.24) is 4.98 Å². The van der Waals surface area contributed by atoms with E-state index in [2.05, 4.69) is 9.88 Å². The van der Waals surface area contributed by atoms with Crippen LogP contribution in [0.25, 0.3) is 11.5 Å². The van der Waals surface area contributed by atoms with E-state index in [9.17, 15) is 12.8 Å². The van der Waals surface area contributed by atoms with Crippen LogP contribution in [-0.4, -0.2) is 53.8 Å². The number of ether oxygens (including phenoxy) is 2. The fourth-order valence-electron chi connectivity index (χ4n) is 4.22. The van der Waals surface area contributed by atoms with Crippen LogP contribution in [0.2, 0.25) is 0 Å². The summed E-state index contributed by atoms with van der Waals surface area (Å²) in [5.41, 5.74) is 1.66. The largest absolute Gasteiger partial charge is 0.497 e. The lowest BCUT2D eigenvalue weighted by molar-refractivity contribution is 0.414. The third-order valence-electron chi connectivity index (χ3n) is 6.30. The number of anilines is 2. The first-order chi connectivity index (χ1) is 17.9. The van der Waals surface area contributed by atoms with Crippen LogP contribution >= 0.6 is 0 Å². The standard InChI is InChI=1S/C27H26FN3O5S/c1-34-22-9-3-19(4-10-22)25-29-26(37(32,33)24-13-5-20(28)6-14-24)27(36-25)31-17-15-30(16-18-31)21-7-11-23(35-2)12-8-21/h3-14H,15-18H2,1-2H3. The van der Waals surface area contributed by atoms with Gasteiger partial charge in [-0.15, -0.1) is 0 Å². The second-order valence-corrected chi connectivity index (χ2v) is 10.4. The number of oxazole rings is 1. The first kappa shape index (κ1) is 24.6. The van der Waals surface area contributed by atoms with Crippen molar-refractivity contribution in [2.45, 2.75) is 9.92 Å². The van der Waals surface area contributed by atoms with Crippen LogP contribution in [0.3, 0.4) is 0 Å². The summed E-state index contributed by atoms with van der Waals surface area (Å²) in [6.45, 7) is 2.35. The zero-order chi connectivity index (χ0) is 26.0. The summed E-state index contributed by atoms with van der Waals surface area (Å²) in [7, 11) is -0.880. The zero-order valence-corrected chi connectivity index (χ0v) is 21.2. The van der Waals surface area contributed by atoms with Crippen LogP contribution < -0.4 is 19.3 Å². The van der Waals surface area contributed by atoms with Gasteiger partial charge in [-0.25, -0.2) is 12.8 Å². The topological polar surface area (TPSA) is 85.1 Å². The minimum atomic E-state index is -4.07. The van der Waals surface area contributed by atoms with Crippen molar-refractivity contribution in [3.05, 3.63) is 78.6 Å². The van der Waals surface area contributed by atoms with Crippen LogP contribution in [0.15, 0.2) is 87.1 Å². The molecule has 8 nitrogen and oxygen atoms in total. The highest BCUT2D eigenvalue weighted by molar-refractivity contribution is 7.91. The molecule has 3 aromatic carbocycles. The molecule has 1 aliphatic heterocycles. The molecule has 2 heterocycles. The number of hydrogen-bond donors (Lipinski definition) is 0. The van der Waals surface area contributed by atoms with Gasteiger partial charge in [0.2, 0.25) is 26.6 Å². The second-order valence-electron chi connectivity index (χ2n) is 8.49. The predicted molar refractivity (Wildman–Crippen MR) is 138 cm³/mol. The molecule has 0 aliphatic carbocycles. The number of rotatable bonds is 7. The number of methoxy groups -OCH3 is 2. The van der Waals surface area contributed by atoms with E-state index in [0.717, 1.165) is 23.6 Å². The molecular formula is C27H26FN3O5S. The van der Waals surface area contributed by atoms with Gasteiger partial charge in [0.05, 0.1) is 19.1 Å². The molecule has 37 heavy (non-hydrogen) atoms. The van der Waals surface area contributed by atoms with E-state index < -0.39 is 15.7 Å².